The fourth-order valence-corrected chi connectivity index (χ4v) is 7.94. The van der Waals surface area contributed by atoms with Crippen molar-refractivity contribution in [2.75, 3.05) is 56.6 Å². The Hall–Kier alpha value is -2.93. The summed E-state index contributed by atoms with van der Waals surface area (Å²) >= 11 is 0. The number of ether oxygens (including phenoxy) is 3. The van der Waals surface area contributed by atoms with E-state index in [0.29, 0.717) is 56.3 Å². The molecule has 0 radical (unpaired) electrons. The van der Waals surface area contributed by atoms with E-state index < -0.39 is 11.8 Å². The van der Waals surface area contributed by atoms with Crippen molar-refractivity contribution in [2.45, 2.75) is 75.3 Å². The summed E-state index contributed by atoms with van der Waals surface area (Å²) in [5.74, 6) is 0.587. The summed E-state index contributed by atoms with van der Waals surface area (Å²) in [7, 11) is 0. The molecule has 4 aliphatic heterocycles. The molecular weight excluding hydrogens is 509 g/mol. The van der Waals surface area contributed by atoms with Crippen LogP contribution < -0.4 is 15.4 Å². The number of rotatable bonds is 4. The number of hydrogen-bond donors (Lipinski definition) is 1. The van der Waals surface area contributed by atoms with Gasteiger partial charge in [0.2, 0.25) is 5.88 Å². The molecule has 0 unspecified atom stereocenters. The Morgan fingerprint density at radius 1 is 1.18 bits per heavy atom. The van der Waals surface area contributed by atoms with E-state index in [0.717, 1.165) is 92.8 Å². The Morgan fingerprint density at radius 3 is 3.00 bits per heavy atom. The van der Waals surface area contributed by atoms with E-state index in [1.165, 1.54) is 0 Å². The number of nitrogen functional groups attached to an aromatic ring is 1. The molecule has 7 rings (SSSR count). The Labute approximate surface area is 235 Å². The molecule has 2 N–H and O–H groups in total. The standard InChI is InChI=1S/C31H38FN5O3/c32-22-15-30(7-2-10-37(30)18-22)20-39-28-14-27(36-9-3-12-38-13-11-36)24-19-40-31(16-26(24)35-28)8-1-4-21-5-6-25(34)23(17-33)29(21)31/h5-6,14,22H,1-4,7-13,15-16,18-20,34H2/t22-,30+,31+/m1/s1. The van der Waals surface area contributed by atoms with E-state index in [9.17, 15) is 9.65 Å². The summed E-state index contributed by atoms with van der Waals surface area (Å²) in [4.78, 5) is 9.74. The number of alkyl halides is 1. The third kappa shape index (κ3) is 4.32. The summed E-state index contributed by atoms with van der Waals surface area (Å²) in [6.07, 6.45) is 5.99. The summed E-state index contributed by atoms with van der Waals surface area (Å²) in [5, 5.41) is 10.1. The van der Waals surface area contributed by atoms with Gasteiger partial charge in [-0.15, -0.1) is 0 Å². The molecule has 3 saturated heterocycles. The van der Waals surface area contributed by atoms with E-state index in [-0.39, 0.29) is 5.54 Å². The SMILES string of the molecule is N#Cc1c(N)ccc2c1[C@]1(CCC2)Cc2nc(OC[C@@]34CCCN3C[C@H](F)C4)cc(N3CCCOCC3)c2CO1. The number of benzene rings is 1. The third-order valence-electron chi connectivity index (χ3n) is 9.84. The first-order chi connectivity index (χ1) is 19.5. The molecule has 0 saturated carbocycles. The van der Waals surface area contributed by atoms with Crippen LogP contribution in [0.5, 0.6) is 5.88 Å². The van der Waals surface area contributed by atoms with E-state index in [2.05, 4.69) is 21.9 Å². The Kier molecular flexibility index (Phi) is 6.61. The number of anilines is 2. The van der Waals surface area contributed by atoms with Crippen molar-refractivity contribution in [3.8, 4) is 11.9 Å². The minimum Gasteiger partial charge on any atom is -0.476 e. The van der Waals surface area contributed by atoms with E-state index in [1.54, 1.807) is 0 Å². The predicted octanol–water partition coefficient (Wildman–Crippen LogP) is 4.02. The molecular formula is C31H38FN5O3. The van der Waals surface area contributed by atoms with Gasteiger partial charge in [-0.3, -0.25) is 4.90 Å². The molecule has 1 spiro atoms. The zero-order valence-electron chi connectivity index (χ0n) is 23.1. The van der Waals surface area contributed by atoms with E-state index in [1.807, 2.05) is 12.1 Å². The van der Waals surface area contributed by atoms with Crippen LogP contribution in [-0.2, 0) is 34.5 Å². The zero-order chi connectivity index (χ0) is 27.3. The first kappa shape index (κ1) is 26.0. The molecule has 1 aromatic carbocycles. The second kappa shape index (κ2) is 10.2. The monoisotopic (exact) mass is 547 g/mol. The third-order valence-corrected chi connectivity index (χ3v) is 9.84. The van der Waals surface area contributed by atoms with Crippen LogP contribution >= 0.6 is 0 Å². The summed E-state index contributed by atoms with van der Waals surface area (Å²) in [6.45, 7) is 5.40. The zero-order valence-corrected chi connectivity index (χ0v) is 23.1. The van der Waals surface area contributed by atoms with Crippen LogP contribution in [0.2, 0.25) is 0 Å². The van der Waals surface area contributed by atoms with Gasteiger partial charge in [0.25, 0.3) is 0 Å². The Morgan fingerprint density at radius 2 is 2.10 bits per heavy atom. The highest BCUT2D eigenvalue weighted by Crippen LogP contribution is 2.49. The highest BCUT2D eigenvalue weighted by molar-refractivity contribution is 5.64. The second-order valence-electron chi connectivity index (χ2n) is 12.2. The summed E-state index contributed by atoms with van der Waals surface area (Å²) < 4.78 is 33.4. The highest BCUT2D eigenvalue weighted by Gasteiger charge is 2.50. The minimum atomic E-state index is -0.793. The molecule has 3 atom stereocenters. The minimum absolute atomic E-state index is 0.237. The van der Waals surface area contributed by atoms with Crippen LogP contribution in [-0.4, -0.2) is 67.6 Å². The van der Waals surface area contributed by atoms with Gasteiger partial charge in [-0.25, -0.2) is 9.37 Å². The van der Waals surface area contributed by atoms with Gasteiger partial charge in [0, 0.05) is 67.7 Å². The number of pyridine rings is 1. The van der Waals surface area contributed by atoms with Gasteiger partial charge >= 0.3 is 0 Å². The molecule has 1 aliphatic carbocycles. The number of aromatic nitrogens is 1. The van der Waals surface area contributed by atoms with Crippen molar-refractivity contribution in [3.05, 3.63) is 46.1 Å². The van der Waals surface area contributed by atoms with Crippen molar-refractivity contribution in [2.24, 2.45) is 0 Å². The smallest absolute Gasteiger partial charge is 0.215 e. The molecule has 3 fully saturated rings. The van der Waals surface area contributed by atoms with Crippen LogP contribution in [0.25, 0.3) is 0 Å². The van der Waals surface area contributed by atoms with Gasteiger partial charge in [0.1, 0.15) is 24.4 Å². The van der Waals surface area contributed by atoms with Crippen molar-refractivity contribution in [3.63, 3.8) is 0 Å². The lowest BCUT2D eigenvalue weighted by atomic mass is 9.72. The highest BCUT2D eigenvalue weighted by atomic mass is 19.1. The quantitative estimate of drug-likeness (QED) is 0.574. The topological polar surface area (TPSA) is 96.9 Å². The molecule has 0 amide bonds. The molecule has 212 valence electrons. The van der Waals surface area contributed by atoms with Gasteiger partial charge in [0.05, 0.1) is 30.0 Å². The lowest BCUT2D eigenvalue weighted by Crippen LogP contribution is -2.43. The molecule has 40 heavy (non-hydrogen) atoms. The maximum absolute atomic E-state index is 14.4. The number of nitrogens with two attached hydrogens (primary N) is 1. The molecule has 0 bridgehead atoms. The molecule has 1 aromatic heterocycles. The largest absolute Gasteiger partial charge is 0.476 e. The number of aryl methyl sites for hydroxylation is 1. The molecule has 2 aromatic rings. The van der Waals surface area contributed by atoms with Crippen LogP contribution in [0, 0.1) is 11.3 Å². The van der Waals surface area contributed by atoms with Crippen LogP contribution in [0.1, 0.15) is 66.5 Å². The number of hydrogen-bond acceptors (Lipinski definition) is 8. The number of nitrogens with zero attached hydrogens (tertiary/aromatic N) is 4. The first-order valence-corrected chi connectivity index (χ1v) is 14.8. The van der Waals surface area contributed by atoms with Crippen molar-refractivity contribution in [1.29, 1.82) is 5.26 Å². The lowest BCUT2D eigenvalue weighted by Gasteiger charge is -2.43. The predicted molar refractivity (Wildman–Crippen MR) is 149 cm³/mol. The van der Waals surface area contributed by atoms with Crippen LogP contribution in [0.4, 0.5) is 15.8 Å². The summed E-state index contributed by atoms with van der Waals surface area (Å²) in [6, 6.07) is 8.31. The Bertz CT molecular complexity index is 1340. The maximum atomic E-state index is 14.4. The second-order valence-corrected chi connectivity index (χ2v) is 12.2. The fraction of sp³-hybridized carbons (Fsp3) is 0.613. The average molecular weight is 548 g/mol. The van der Waals surface area contributed by atoms with Crippen LogP contribution in [0.3, 0.4) is 0 Å². The fourth-order valence-electron chi connectivity index (χ4n) is 7.94. The molecule has 5 aliphatic rings. The van der Waals surface area contributed by atoms with Gasteiger partial charge in [-0.05, 0) is 56.7 Å². The normalized spacial score (nSPS) is 29.9. The van der Waals surface area contributed by atoms with Crippen LogP contribution in [0.15, 0.2) is 18.2 Å². The molecule has 5 heterocycles. The average Bonchev–Trinajstić information content (AvgIpc) is 3.33. The van der Waals surface area contributed by atoms with Gasteiger partial charge in [-0.2, -0.15) is 5.26 Å². The van der Waals surface area contributed by atoms with E-state index in [4.69, 9.17) is 24.9 Å². The van der Waals surface area contributed by atoms with E-state index >= 15 is 0 Å². The Balaban J connectivity index is 1.27. The number of halogens is 1. The van der Waals surface area contributed by atoms with Crippen molar-refractivity contribution in [1.82, 2.24) is 9.88 Å². The first-order valence-electron chi connectivity index (χ1n) is 14.8. The number of fused-ring (bicyclic) bond motifs is 4. The lowest BCUT2D eigenvalue weighted by molar-refractivity contribution is -0.0855. The molecule has 9 heteroatoms. The van der Waals surface area contributed by atoms with Crippen molar-refractivity contribution < 1.29 is 18.6 Å². The van der Waals surface area contributed by atoms with Gasteiger partial charge < -0.3 is 24.8 Å². The van der Waals surface area contributed by atoms with Crippen molar-refractivity contribution >= 4 is 11.4 Å². The van der Waals surface area contributed by atoms with Gasteiger partial charge in [0.15, 0.2) is 0 Å². The number of nitriles is 1. The maximum Gasteiger partial charge on any atom is 0.215 e. The van der Waals surface area contributed by atoms with Gasteiger partial charge in [-0.1, -0.05) is 6.07 Å². The molecule has 8 nitrogen and oxygen atoms in total. The summed E-state index contributed by atoms with van der Waals surface area (Å²) in [5.41, 5.74) is 11.6.